The Hall–Kier alpha value is -0.680. The van der Waals surface area contributed by atoms with Crippen LogP contribution >= 0.6 is 11.3 Å². The van der Waals surface area contributed by atoms with Crippen LogP contribution in [0.4, 0.5) is 0 Å². The molecule has 0 fully saturated rings. The number of carbonyl (C=O) groups excluding carboxylic acids is 1. The molecule has 1 aromatic heterocycles. The Balaban J connectivity index is 2.69. The van der Waals surface area contributed by atoms with Gasteiger partial charge in [-0.05, 0) is 18.4 Å². The molecule has 0 aromatic carbocycles. The number of ketones is 1. The predicted molar refractivity (Wildman–Crippen MR) is 57.3 cm³/mol. The van der Waals surface area contributed by atoms with Gasteiger partial charge in [0, 0.05) is 17.6 Å². The van der Waals surface area contributed by atoms with E-state index in [1.807, 2.05) is 17.5 Å². The van der Waals surface area contributed by atoms with Crippen molar-refractivity contribution in [2.75, 3.05) is 6.26 Å². The molecular weight excluding hydrogens is 220 g/mol. The minimum absolute atomic E-state index is 0.214. The van der Waals surface area contributed by atoms with E-state index in [0.29, 0.717) is 0 Å². The number of Topliss-reactive ketones (excluding diaryl/α,β-unsaturated/α-hetero) is 1. The third-order valence-corrected chi connectivity index (χ3v) is 4.45. The van der Waals surface area contributed by atoms with E-state index < -0.39 is 15.1 Å². The summed E-state index contributed by atoms with van der Waals surface area (Å²) in [6, 6.07) is 3.68. The largest absolute Gasteiger partial charge is 0.298 e. The summed E-state index contributed by atoms with van der Waals surface area (Å²) >= 11 is 1.46. The first-order valence-electron chi connectivity index (χ1n) is 4.15. The lowest BCUT2D eigenvalue weighted by Crippen LogP contribution is -2.27. The summed E-state index contributed by atoms with van der Waals surface area (Å²) in [6.07, 6.45) is 1.30. The first-order valence-corrected chi connectivity index (χ1v) is 6.98. The van der Waals surface area contributed by atoms with Gasteiger partial charge in [-0.3, -0.25) is 4.79 Å². The molecule has 0 amide bonds. The summed E-state index contributed by atoms with van der Waals surface area (Å²) in [5.41, 5.74) is 0. The quantitative estimate of drug-likeness (QED) is 0.786. The van der Waals surface area contributed by atoms with Crippen LogP contribution in [-0.4, -0.2) is 25.7 Å². The summed E-state index contributed by atoms with van der Waals surface area (Å²) in [7, 11) is -3.25. The molecule has 0 aliphatic carbocycles. The third kappa shape index (κ3) is 2.92. The van der Waals surface area contributed by atoms with Crippen LogP contribution in [0.5, 0.6) is 0 Å². The van der Waals surface area contributed by atoms with Gasteiger partial charge in [0.05, 0.1) is 0 Å². The second-order valence-corrected chi connectivity index (χ2v) is 6.59. The Kier molecular flexibility index (Phi) is 3.44. The van der Waals surface area contributed by atoms with Crippen LogP contribution in [0.25, 0.3) is 0 Å². The molecule has 0 saturated carbocycles. The zero-order chi connectivity index (χ0) is 10.8. The van der Waals surface area contributed by atoms with Crippen LogP contribution in [0, 0.1) is 0 Å². The van der Waals surface area contributed by atoms with Gasteiger partial charge in [-0.25, -0.2) is 8.42 Å². The zero-order valence-electron chi connectivity index (χ0n) is 8.06. The van der Waals surface area contributed by atoms with Gasteiger partial charge in [-0.1, -0.05) is 6.07 Å². The molecular formula is C9H12O3S2. The summed E-state index contributed by atoms with van der Waals surface area (Å²) in [6.45, 7) is 1.44. The third-order valence-electron chi connectivity index (χ3n) is 2.02. The molecule has 3 nitrogen and oxygen atoms in total. The van der Waals surface area contributed by atoms with Gasteiger partial charge >= 0.3 is 0 Å². The zero-order valence-corrected chi connectivity index (χ0v) is 9.69. The molecule has 1 aromatic rings. The molecule has 0 aliphatic rings. The van der Waals surface area contributed by atoms with E-state index >= 15 is 0 Å². The highest BCUT2D eigenvalue weighted by molar-refractivity contribution is 7.92. The Labute approximate surface area is 87.7 Å². The Bertz CT molecular complexity index is 403. The van der Waals surface area contributed by atoms with Gasteiger partial charge in [0.25, 0.3) is 0 Å². The van der Waals surface area contributed by atoms with Crippen LogP contribution in [0.3, 0.4) is 0 Å². The van der Waals surface area contributed by atoms with Gasteiger partial charge in [-0.2, -0.15) is 0 Å². The van der Waals surface area contributed by atoms with Crippen molar-refractivity contribution in [1.82, 2.24) is 0 Å². The first-order chi connectivity index (χ1) is 6.41. The SMILES string of the molecule is CC(C(=O)Cc1cccs1)S(C)(=O)=O. The van der Waals surface area contributed by atoms with Crippen LogP contribution in [0.2, 0.25) is 0 Å². The molecule has 0 N–H and O–H groups in total. The highest BCUT2D eigenvalue weighted by Crippen LogP contribution is 2.12. The summed E-state index contributed by atoms with van der Waals surface area (Å²) in [5.74, 6) is -0.241. The fourth-order valence-corrected chi connectivity index (χ4v) is 2.24. The molecule has 14 heavy (non-hydrogen) atoms. The lowest BCUT2D eigenvalue weighted by atomic mass is 10.2. The number of hydrogen-bond acceptors (Lipinski definition) is 4. The monoisotopic (exact) mass is 232 g/mol. The van der Waals surface area contributed by atoms with Gasteiger partial charge in [0.1, 0.15) is 5.25 Å². The van der Waals surface area contributed by atoms with Crippen molar-refractivity contribution < 1.29 is 13.2 Å². The number of thiophene rings is 1. The van der Waals surface area contributed by atoms with Gasteiger partial charge in [0.2, 0.25) is 0 Å². The molecule has 1 rings (SSSR count). The van der Waals surface area contributed by atoms with E-state index in [2.05, 4.69) is 0 Å². The average Bonchev–Trinajstić information content (AvgIpc) is 2.53. The van der Waals surface area contributed by atoms with Crippen molar-refractivity contribution in [2.24, 2.45) is 0 Å². The van der Waals surface area contributed by atoms with Crippen molar-refractivity contribution >= 4 is 27.0 Å². The maximum atomic E-state index is 11.5. The second-order valence-electron chi connectivity index (χ2n) is 3.19. The van der Waals surface area contributed by atoms with E-state index in [1.165, 1.54) is 18.3 Å². The summed E-state index contributed by atoms with van der Waals surface area (Å²) in [5, 5.41) is 0.970. The highest BCUT2D eigenvalue weighted by atomic mass is 32.2. The Morgan fingerprint density at radius 3 is 2.64 bits per heavy atom. The molecule has 0 spiro atoms. The molecule has 0 saturated heterocycles. The molecule has 0 bridgehead atoms. The van der Waals surface area contributed by atoms with Crippen molar-refractivity contribution in [1.29, 1.82) is 0 Å². The fraction of sp³-hybridized carbons (Fsp3) is 0.444. The molecule has 1 unspecified atom stereocenters. The minimum Gasteiger partial charge on any atom is -0.298 e. The van der Waals surface area contributed by atoms with E-state index in [4.69, 9.17) is 0 Å². The molecule has 1 heterocycles. The van der Waals surface area contributed by atoms with Gasteiger partial charge in [0.15, 0.2) is 15.6 Å². The summed E-state index contributed by atoms with van der Waals surface area (Å²) < 4.78 is 22.2. The first kappa shape index (κ1) is 11.4. The van der Waals surface area contributed by atoms with E-state index in [1.54, 1.807) is 0 Å². The Morgan fingerprint density at radius 1 is 1.57 bits per heavy atom. The van der Waals surface area contributed by atoms with Crippen LogP contribution in [-0.2, 0) is 21.1 Å². The van der Waals surface area contributed by atoms with Crippen LogP contribution in [0.15, 0.2) is 17.5 Å². The molecule has 1 atom stereocenters. The topological polar surface area (TPSA) is 51.2 Å². The average molecular weight is 232 g/mol. The lowest BCUT2D eigenvalue weighted by Gasteiger charge is -2.06. The van der Waals surface area contributed by atoms with Crippen molar-refractivity contribution in [3.05, 3.63) is 22.4 Å². The number of rotatable bonds is 4. The van der Waals surface area contributed by atoms with Crippen molar-refractivity contribution in [3.8, 4) is 0 Å². The van der Waals surface area contributed by atoms with E-state index in [0.717, 1.165) is 11.1 Å². The summed E-state index contributed by atoms with van der Waals surface area (Å²) in [4.78, 5) is 12.4. The van der Waals surface area contributed by atoms with Gasteiger partial charge in [-0.15, -0.1) is 11.3 Å². The molecule has 78 valence electrons. The van der Waals surface area contributed by atoms with E-state index in [-0.39, 0.29) is 12.2 Å². The number of carbonyl (C=O) groups is 1. The molecule has 5 heteroatoms. The standard InChI is InChI=1S/C9H12O3S2/c1-7(14(2,11)12)9(10)6-8-4-3-5-13-8/h3-5,7H,6H2,1-2H3. The van der Waals surface area contributed by atoms with Crippen LogP contribution < -0.4 is 0 Å². The normalized spacial score (nSPS) is 13.9. The van der Waals surface area contributed by atoms with E-state index in [9.17, 15) is 13.2 Å². The second kappa shape index (κ2) is 4.23. The smallest absolute Gasteiger partial charge is 0.157 e. The number of hydrogen-bond donors (Lipinski definition) is 0. The Morgan fingerprint density at radius 2 is 2.21 bits per heavy atom. The predicted octanol–water partition coefficient (Wildman–Crippen LogP) is 1.29. The number of sulfone groups is 1. The fourth-order valence-electron chi connectivity index (χ4n) is 0.967. The maximum Gasteiger partial charge on any atom is 0.157 e. The van der Waals surface area contributed by atoms with Gasteiger partial charge < -0.3 is 0 Å². The minimum atomic E-state index is -3.25. The molecule has 0 aliphatic heterocycles. The highest BCUT2D eigenvalue weighted by Gasteiger charge is 2.23. The van der Waals surface area contributed by atoms with Crippen LogP contribution in [0.1, 0.15) is 11.8 Å². The lowest BCUT2D eigenvalue weighted by molar-refractivity contribution is -0.117. The van der Waals surface area contributed by atoms with Crippen molar-refractivity contribution in [3.63, 3.8) is 0 Å². The maximum absolute atomic E-state index is 11.5. The molecule has 0 radical (unpaired) electrons. The van der Waals surface area contributed by atoms with Crippen molar-refractivity contribution in [2.45, 2.75) is 18.6 Å².